The van der Waals surface area contributed by atoms with Gasteiger partial charge in [0, 0.05) is 19.1 Å². The molecule has 4 heteroatoms. The predicted octanol–water partition coefficient (Wildman–Crippen LogP) is 3.02. The summed E-state index contributed by atoms with van der Waals surface area (Å²) in [6.07, 6.45) is 1.93. The fourth-order valence-corrected chi connectivity index (χ4v) is 3.35. The minimum atomic E-state index is -0.126. The molecule has 0 bridgehead atoms. The molecule has 1 amide bonds. The van der Waals surface area contributed by atoms with Crippen LogP contribution in [0, 0.1) is 0 Å². The number of carbonyl (C=O) groups excluding carboxylic acids is 1. The molecule has 2 atom stereocenters. The van der Waals surface area contributed by atoms with Crippen molar-refractivity contribution in [1.82, 2.24) is 10.2 Å². The number of piperazine rings is 1. The SMILES string of the molecule is COc1cccc(CN2C(=O)[C@H](C)NC[C@@H]2CCc2ccccc2)c1. The summed E-state index contributed by atoms with van der Waals surface area (Å²) in [7, 11) is 1.67. The van der Waals surface area contributed by atoms with Crippen LogP contribution in [0.25, 0.3) is 0 Å². The van der Waals surface area contributed by atoms with Crippen molar-refractivity contribution in [3.05, 3.63) is 65.7 Å². The number of hydrogen-bond acceptors (Lipinski definition) is 3. The summed E-state index contributed by atoms with van der Waals surface area (Å²) in [5.41, 5.74) is 2.42. The smallest absolute Gasteiger partial charge is 0.240 e. The maximum atomic E-state index is 12.7. The standard InChI is InChI=1S/C21H26N2O2/c1-16-21(24)23(15-18-9-6-10-20(13-18)25-2)19(14-22-16)12-11-17-7-4-3-5-8-17/h3-10,13,16,19,22H,11-12,14-15H2,1-2H3/t16-,19-/m0/s1. The molecule has 1 aliphatic rings. The van der Waals surface area contributed by atoms with Crippen molar-refractivity contribution in [2.24, 2.45) is 0 Å². The van der Waals surface area contributed by atoms with Gasteiger partial charge in [-0.05, 0) is 43.0 Å². The van der Waals surface area contributed by atoms with Crippen LogP contribution in [0.1, 0.15) is 24.5 Å². The quantitative estimate of drug-likeness (QED) is 0.880. The van der Waals surface area contributed by atoms with Gasteiger partial charge in [0.05, 0.1) is 13.2 Å². The van der Waals surface area contributed by atoms with Crippen LogP contribution in [-0.4, -0.2) is 36.5 Å². The highest BCUT2D eigenvalue weighted by Gasteiger charge is 2.32. The van der Waals surface area contributed by atoms with E-state index in [2.05, 4.69) is 35.6 Å². The lowest BCUT2D eigenvalue weighted by Crippen LogP contribution is -2.58. The number of aryl methyl sites for hydroxylation is 1. The number of nitrogens with zero attached hydrogens (tertiary/aromatic N) is 1. The van der Waals surface area contributed by atoms with Crippen molar-refractivity contribution in [1.29, 1.82) is 0 Å². The molecule has 0 spiro atoms. The molecule has 0 aliphatic carbocycles. The van der Waals surface area contributed by atoms with Crippen LogP contribution >= 0.6 is 0 Å². The Labute approximate surface area is 149 Å². The monoisotopic (exact) mass is 338 g/mol. The van der Waals surface area contributed by atoms with Crippen molar-refractivity contribution >= 4 is 5.91 Å². The van der Waals surface area contributed by atoms with Crippen molar-refractivity contribution in [2.45, 2.75) is 38.4 Å². The molecule has 0 radical (unpaired) electrons. The van der Waals surface area contributed by atoms with E-state index < -0.39 is 0 Å². The van der Waals surface area contributed by atoms with Crippen molar-refractivity contribution in [2.75, 3.05) is 13.7 Å². The van der Waals surface area contributed by atoms with Gasteiger partial charge < -0.3 is 15.0 Å². The van der Waals surface area contributed by atoms with Gasteiger partial charge in [-0.3, -0.25) is 4.79 Å². The van der Waals surface area contributed by atoms with E-state index in [1.807, 2.05) is 36.1 Å². The Morgan fingerprint density at radius 3 is 2.64 bits per heavy atom. The van der Waals surface area contributed by atoms with E-state index in [0.717, 1.165) is 30.7 Å². The summed E-state index contributed by atoms with van der Waals surface area (Å²) >= 11 is 0. The van der Waals surface area contributed by atoms with Crippen LogP contribution in [0.4, 0.5) is 0 Å². The normalized spacial score (nSPS) is 20.6. The third-order valence-electron chi connectivity index (χ3n) is 4.85. The molecule has 1 fully saturated rings. The summed E-state index contributed by atoms with van der Waals surface area (Å²) in [6.45, 7) is 3.40. The van der Waals surface area contributed by atoms with Crippen molar-refractivity contribution in [3.8, 4) is 5.75 Å². The number of benzene rings is 2. The van der Waals surface area contributed by atoms with Gasteiger partial charge in [0.15, 0.2) is 0 Å². The van der Waals surface area contributed by atoms with E-state index in [-0.39, 0.29) is 18.0 Å². The highest BCUT2D eigenvalue weighted by Crippen LogP contribution is 2.20. The molecule has 1 saturated heterocycles. The van der Waals surface area contributed by atoms with E-state index in [0.29, 0.717) is 6.54 Å². The van der Waals surface area contributed by atoms with Gasteiger partial charge in [-0.1, -0.05) is 42.5 Å². The van der Waals surface area contributed by atoms with Gasteiger partial charge in [0.2, 0.25) is 5.91 Å². The van der Waals surface area contributed by atoms with Crippen LogP contribution < -0.4 is 10.1 Å². The summed E-state index contributed by atoms with van der Waals surface area (Å²) in [6, 6.07) is 18.5. The Kier molecular flexibility index (Phi) is 5.71. The molecule has 1 heterocycles. The number of ether oxygens (including phenoxy) is 1. The van der Waals surface area contributed by atoms with E-state index in [4.69, 9.17) is 4.74 Å². The Bertz CT molecular complexity index is 702. The van der Waals surface area contributed by atoms with Gasteiger partial charge in [0.25, 0.3) is 0 Å². The molecular formula is C21H26N2O2. The third-order valence-corrected chi connectivity index (χ3v) is 4.85. The Morgan fingerprint density at radius 2 is 1.88 bits per heavy atom. The summed E-state index contributed by atoms with van der Waals surface area (Å²) in [5, 5.41) is 3.34. The van der Waals surface area contributed by atoms with Gasteiger partial charge in [-0.25, -0.2) is 0 Å². The van der Waals surface area contributed by atoms with Crippen LogP contribution in [0.3, 0.4) is 0 Å². The third kappa shape index (κ3) is 4.40. The molecule has 2 aromatic carbocycles. The molecule has 25 heavy (non-hydrogen) atoms. The van der Waals surface area contributed by atoms with E-state index >= 15 is 0 Å². The number of methoxy groups -OCH3 is 1. The predicted molar refractivity (Wildman–Crippen MR) is 99.6 cm³/mol. The molecule has 4 nitrogen and oxygen atoms in total. The van der Waals surface area contributed by atoms with Crippen molar-refractivity contribution < 1.29 is 9.53 Å². The van der Waals surface area contributed by atoms with Crippen molar-refractivity contribution in [3.63, 3.8) is 0 Å². The topological polar surface area (TPSA) is 41.6 Å². The number of amides is 1. The first kappa shape index (κ1) is 17.5. The fourth-order valence-electron chi connectivity index (χ4n) is 3.35. The van der Waals surface area contributed by atoms with E-state index in [1.165, 1.54) is 5.56 Å². The lowest BCUT2D eigenvalue weighted by molar-refractivity contribution is -0.139. The highest BCUT2D eigenvalue weighted by atomic mass is 16.5. The Balaban J connectivity index is 1.72. The van der Waals surface area contributed by atoms with Gasteiger partial charge >= 0.3 is 0 Å². The van der Waals surface area contributed by atoms with Crippen LogP contribution in [0.15, 0.2) is 54.6 Å². The summed E-state index contributed by atoms with van der Waals surface area (Å²) in [4.78, 5) is 14.8. The van der Waals surface area contributed by atoms with Crippen LogP contribution in [0.2, 0.25) is 0 Å². The average molecular weight is 338 g/mol. The zero-order chi connectivity index (χ0) is 17.6. The van der Waals surface area contributed by atoms with E-state index in [9.17, 15) is 4.79 Å². The fraction of sp³-hybridized carbons (Fsp3) is 0.381. The first-order valence-electron chi connectivity index (χ1n) is 8.88. The van der Waals surface area contributed by atoms with Gasteiger partial charge in [-0.15, -0.1) is 0 Å². The molecule has 1 aliphatic heterocycles. The largest absolute Gasteiger partial charge is 0.497 e. The minimum Gasteiger partial charge on any atom is -0.497 e. The number of nitrogens with one attached hydrogen (secondary N) is 1. The first-order valence-corrected chi connectivity index (χ1v) is 8.88. The zero-order valence-corrected chi connectivity index (χ0v) is 14.9. The van der Waals surface area contributed by atoms with E-state index in [1.54, 1.807) is 7.11 Å². The zero-order valence-electron chi connectivity index (χ0n) is 14.9. The molecule has 0 aromatic heterocycles. The molecule has 1 N–H and O–H groups in total. The highest BCUT2D eigenvalue weighted by molar-refractivity contribution is 5.82. The maximum absolute atomic E-state index is 12.7. The number of carbonyl (C=O) groups is 1. The lowest BCUT2D eigenvalue weighted by Gasteiger charge is -2.39. The molecule has 3 rings (SSSR count). The van der Waals surface area contributed by atoms with Crippen LogP contribution in [-0.2, 0) is 17.8 Å². The molecule has 2 aromatic rings. The summed E-state index contributed by atoms with van der Waals surface area (Å²) < 4.78 is 5.31. The molecule has 0 unspecified atom stereocenters. The molecule has 132 valence electrons. The minimum absolute atomic E-state index is 0.126. The average Bonchev–Trinajstić information content (AvgIpc) is 2.66. The van der Waals surface area contributed by atoms with Crippen LogP contribution in [0.5, 0.6) is 5.75 Å². The Morgan fingerprint density at radius 1 is 1.12 bits per heavy atom. The molecular weight excluding hydrogens is 312 g/mol. The maximum Gasteiger partial charge on any atom is 0.240 e. The first-order chi connectivity index (χ1) is 12.2. The number of hydrogen-bond donors (Lipinski definition) is 1. The lowest BCUT2D eigenvalue weighted by atomic mass is 10.00. The summed E-state index contributed by atoms with van der Waals surface area (Å²) in [5.74, 6) is 1.00. The second-order valence-electron chi connectivity index (χ2n) is 6.63. The second-order valence-corrected chi connectivity index (χ2v) is 6.63. The van der Waals surface area contributed by atoms with Gasteiger partial charge in [-0.2, -0.15) is 0 Å². The Hall–Kier alpha value is -2.33. The number of rotatable bonds is 6. The second kappa shape index (κ2) is 8.17. The molecule has 0 saturated carbocycles. The van der Waals surface area contributed by atoms with Gasteiger partial charge in [0.1, 0.15) is 5.75 Å².